The average molecular weight is 1760 g/mol. The van der Waals surface area contributed by atoms with E-state index in [1.54, 1.807) is 49.6 Å². The van der Waals surface area contributed by atoms with Gasteiger partial charge in [0.2, 0.25) is 19.2 Å². The molecule has 39 heteroatoms. The van der Waals surface area contributed by atoms with E-state index in [0.29, 0.717) is 62.6 Å². The van der Waals surface area contributed by atoms with Gasteiger partial charge in [-0.15, -0.1) is 96.0 Å². The summed E-state index contributed by atoms with van der Waals surface area (Å²) in [6, 6.07) is 24.1. The fourth-order valence-corrected chi connectivity index (χ4v) is 11.0. The Labute approximate surface area is 702 Å². The third kappa shape index (κ3) is 47.0. The van der Waals surface area contributed by atoms with Crippen LogP contribution >= 0.6 is 96.0 Å². The van der Waals surface area contributed by atoms with Crippen molar-refractivity contribution in [1.29, 1.82) is 0 Å². The SMILES string of the molecule is CC(C)c1cccc(C2(NC[C@@H](O)[C@H](Cc3cc(F)cc(F)c3)NC=O)CCCCC2)c1.CCN(CC)CC.Cl.Cl.Cl.Cl.ClCCl.ClCCl.N[C@@H](Cc1cc(F)cc(F)c1)[C@H](O)CNC1(c2ccccc2)CCCCC1.O=C(n1ccnc1)n1ccnc1.O=CO.O=Cn1ccnc1.O=Cn1ccnc1.O=[S](O)(=[Mg])OO. The average Bonchev–Trinajstić information content (AvgIpc) is 1.55. The summed E-state index contributed by atoms with van der Waals surface area (Å²) >= 11 is 19.7. The van der Waals surface area contributed by atoms with Crippen molar-refractivity contribution < 1.29 is 75.2 Å². The minimum absolute atomic E-state index is 0. The number of benzene rings is 4. The van der Waals surface area contributed by atoms with Gasteiger partial charge in [0.05, 0.1) is 28.9 Å². The van der Waals surface area contributed by atoms with E-state index in [4.69, 9.17) is 71.8 Å². The Kier molecular flexibility index (Phi) is 65.9. The van der Waals surface area contributed by atoms with Crippen LogP contribution in [0.1, 0.15) is 133 Å². The third-order valence-corrected chi connectivity index (χ3v) is 16.9. The Bertz CT molecular complexity index is 3630. The van der Waals surface area contributed by atoms with Crippen molar-refractivity contribution in [3.05, 3.63) is 217 Å². The van der Waals surface area contributed by atoms with Gasteiger partial charge in [0.1, 0.15) is 48.6 Å². The van der Waals surface area contributed by atoms with Gasteiger partial charge < -0.3 is 41.9 Å². The van der Waals surface area contributed by atoms with Crippen molar-refractivity contribution in [2.24, 2.45) is 5.73 Å². The van der Waals surface area contributed by atoms with Crippen molar-refractivity contribution in [2.75, 3.05) is 43.4 Å². The Morgan fingerprint density at radius 3 is 1.31 bits per heavy atom. The van der Waals surface area contributed by atoms with Gasteiger partial charge in [-0.1, -0.05) is 128 Å². The summed E-state index contributed by atoms with van der Waals surface area (Å²) in [7, 11) is -3.33. The summed E-state index contributed by atoms with van der Waals surface area (Å²) in [5.41, 5.74) is 10.3. The first-order valence-electron chi connectivity index (χ1n) is 33.9. The normalized spacial score (nSPS) is 14.0. The van der Waals surface area contributed by atoms with Gasteiger partial charge in [0.25, 0.3) is 6.47 Å². The Morgan fingerprint density at radius 1 is 0.613 bits per heavy atom. The molecule has 0 bridgehead atoms. The molecule has 2 saturated carbocycles. The van der Waals surface area contributed by atoms with Crippen molar-refractivity contribution in [2.45, 2.75) is 153 Å². The molecule has 0 saturated heterocycles. The maximum absolute atomic E-state index is 13.6. The molecular formula is C72H103Cl8F4MgN13O12S. The molecule has 25 nitrogen and oxygen atoms in total. The molecule has 8 aromatic rings. The summed E-state index contributed by atoms with van der Waals surface area (Å²) < 4.78 is 79.9. The first-order chi connectivity index (χ1) is 51.2. The summed E-state index contributed by atoms with van der Waals surface area (Å²) in [6.07, 6.45) is 29.7. The number of carbonyl (C=O) groups is 5. The molecule has 0 spiro atoms. The van der Waals surface area contributed by atoms with Crippen LogP contribution in [0.4, 0.5) is 22.4 Å². The molecule has 0 aliphatic heterocycles. The van der Waals surface area contributed by atoms with Crippen LogP contribution in [0, 0.1) is 23.3 Å². The van der Waals surface area contributed by atoms with E-state index in [0.717, 1.165) is 63.5 Å². The Balaban J connectivity index is -0.000000643. The number of nitrogens with zero attached hydrogens (tertiary/aromatic N) is 9. The fraction of sp³-hybridized carbons (Fsp3) is 0.431. The number of rotatable bonds is 23. The molecule has 2 aliphatic carbocycles. The molecule has 2 fully saturated rings. The second kappa shape index (κ2) is 65.5. The Morgan fingerprint density at radius 2 is 0.982 bits per heavy atom. The van der Waals surface area contributed by atoms with E-state index in [9.17, 15) is 51.2 Å². The fourth-order valence-electron chi connectivity index (χ4n) is 11.0. The summed E-state index contributed by atoms with van der Waals surface area (Å²) in [5.74, 6) is -2.19. The number of aromatic nitrogens is 8. The van der Waals surface area contributed by atoms with Crippen LogP contribution in [0.25, 0.3) is 0 Å². The number of hydrogen-bond donors (Lipinski definition) is 9. The van der Waals surface area contributed by atoms with Crippen LogP contribution in [0.5, 0.6) is 0 Å². The molecule has 111 heavy (non-hydrogen) atoms. The molecule has 5 atom stereocenters. The molecule has 10 rings (SSSR count). The number of carboxylic acid groups (broad SMARTS) is 1. The quantitative estimate of drug-likeness (QED) is 0.00717. The standard InChI is InChI=1S/C26H34F2N2O2.C22H28F2N2O.C7H6N4O.C6H15N.2C4H4N2O.2CH2Cl2.CH2O2.4ClH.Mg.H2O4S/c1-18(2)20-7-6-8-21(14-20)26(9-4-3-5-10-26)30-16-25(32)24(29-17-31)13-19-11-22(27)15-23(28)12-19;23-18-11-16(12-19(24)14-18)13-20(25)21(27)15-26-22(9-5-2-6-10-22)17-7-3-1-4-8-17;12-7(10-3-1-8-5-10)11-4-2-9-6-11;1-4-7(5-2)6-3;2*7-4-6-2-1-5-3-6;3*2-1-3;;;;;;1-4-5(2)3/h6-8,11-12,14-15,17-18,24-25,30,32H,3-5,9-10,13,16H2,1-2H3,(H,29,31);1,3-4,7-8,11-12,14,20-21,26-27H,2,5-6,9-10,13,15,25H2;1-6H;4-6H2,1-3H3;2*1-4H;2*1H2;1H,(H,2,3);4*1H;;1H,(H,2,3)/t24-,25+;20-,21+;;;;;;;;;;;;;/m00............./s1. The number of carbonyl (C=O) groups excluding carboxylic acids is 4. The van der Waals surface area contributed by atoms with Gasteiger partial charge in [-0.3, -0.25) is 37.4 Å². The number of alkyl halides is 4. The zero-order valence-electron chi connectivity index (χ0n) is 62.2. The van der Waals surface area contributed by atoms with E-state index in [1.807, 2.05) is 18.2 Å². The molecule has 620 valence electrons. The predicted molar refractivity (Wildman–Crippen MR) is 440 cm³/mol. The van der Waals surface area contributed by atoms with Crippen LogP contribution in [0.15, 0.2) is 166 Å². The zero-order chi connectivity index (χ0) is 80.1. The molecule has 4 aromatic carbocycles. The number of imidazole rings is 4. The van der Waals surface area contributed by atoms with E-state index in [1.165, 1.54) is 117 Å². The van der Waals surface area contributed by atoms with Gasteiger partial charge in [0.15, 0.2) is 0 Å². The van der Waals surface area contributed by atoms with E-state index < -0.39 is 54.9 Å². The van der Waals surface area contributed by atoms with Crippen molar-refractivity contribution in [1.82, 2.24) is 59.1 Å². The van der Waals surface area contributed by atoms with E-state index in [-0.39, 0.29) is 103 Å². The summed E-state index contributed by atoms with van der Waals surface area (Å²) in [6.45, 7) is 14.8. The number of hydrogen-bond acceptors (Lipinski definition) is 18. The molecule has 2 aliphatic rings. The van der Waals surface area contributed by atoms with Gasteiger partial charge >= 0.3 is 51.5 Å². The molecule has 1 unspecified atom stereocenters. The molecule has 10 N–H and O–H groups in total. The molecular weight excluding hydrogens is 1650 g/mol. The molecule has 1 amide bonds. The van der Waals surface area contributed by atoms with Crippen molar-refractivity contribution in [3.63, 3.8) is 0 Å². The number of nitrogens with one attached hydrogen (secondary N) is 3. The molecule has 4 heterocycles. The topological polar surface area (TPSA) is 349 Å². The monoisotopic (exact) mass is 1750 g/mol. The van der Waals surface area contributed by atoms with Crippen molar-refractivity contribution in [3.8, 4) is 0 Å². The Hall–Kier alpha value is -5.73. The van der Waals surface area contributed by atoms with Crippen LogP contribution in [0.3, 0.4) is 0 Å². The van der Waals surface area contributed by atoms with Gasteiger partial charge in [-0.25, -0.2) is 42.3 Å². The minimum atomic E-state index is -3.33. The maximum atomic E-state index is 13.6. The van der Waals surface area contributed by atoms with Crippen LogP contribution < -0.4 is 21.7 Å². The van der Waals surface area contributed by atoms with Crippen LogP contribution in [0.2, 0.25) is 0 Å². The summed E-state index contributed by atoms with van der Waals surface area (Å²) in [5, 5.41) is 45.9. The van der Waals surface area contributed by atoms with E-state index in [2.05, 4.69) is 116 Å². The van der Waals surface area contributed by atoms with Crippen molar-refractivity contribution >= 4 is 155 Å². The number of aliphatic hydroxyl groups excluding tert-OH is 2. The number of nitrogens with two attached hydrogens (primary N) is 1. The molecule has 4 aromatic heterocycles. The first-order valence-corrected chi connectivity index (χ1v) is 39.4. The van der Waals surface area contributed by atoms with Crippen LogP contribution in [-0.4, -0.2) is 192 Å². The van der Waals surface area contributed by atoms with Gasteiger partial charge in [-0.2, -0.15) is 0 Å². The number of halogens is 12. The predicted octanol–water partition coefficient (Wildman–Crippen LogP) is 13.4. The van der Waals surface area contributed by atoms with Gasteiger partial charge in [-0.05, 0) is 116 Å². The number of amides is 1. The zero-order valence-corrected chi connectivity index (χ0v) is 70.7. The van der Waals surface area contributed by atoms with Crippen LogP contribution in [-0.2, 0) is 54.7 Å². The second-order valence-electron chi connectivity index (χ2n) is 23.9. The first kappa shape index (κ1) is 112. The third-order valence-electron chi connectivity index (χ3n) is 16.4. The van der Waals surface area contributed by atoms with E-state index >= 15 is 0 Å². The number of aliphatic hydroxyl groups is 2. The summed E-state index contributed by atoms with van der Waals surface area (Å²) in [4.78, 5) is 67.6. The second-order valence-corrected chi connectivity index (χ2v) is 29.0. The van der Waals surface area contributed by atoms with Gasteiger partial charge in [0, 0.05) is 91.9 Å². The molecule has 0 radical (unpaired) electrons.